The first-order valence-electron chi connectivity index (χ1n) is 7.77. The summed E-state index contributed by atoms with van der Waals surface area (Å²) < 4.78 is 0. The predicted molar refractivity (Wildman–Crippen MR) is 90.2 cm³/mol. The van der Waals surface area contributed by atoms with Crippen LogP contribution >= 0.6 is 0 Å². The number of hydrogen-bond donors (Lipinski definition) is 1. The molecule has 3 N–H and O–H groups in total. The molecule has 0 saturated carbocycles. The van der Waals surface area contributed by atoms with Crippen LogP contribution in [0.1, 0.15) is 12.0 Å². The number of nitrogens with two attached hydrogens (primary N) is 1. The van der Waals surface area contributed by atoms with Gasteiger partial charge < -0.3 is 4.90 Å². The minimum absolute atomic E-state index is 0.423. The fourth-order valence-electron chi connectivity index (χ4n) is 3.01. The molecule has 1 aliphatic heterocycles. The highest BCUT2D eigenvalue weighted by Crippen LogP contribution is 2.34. The molecule has 0 spiro atoms. The standard InChI is InChI=1S/C18H17N5/c19-18-20-9-8-17(22-18)23-10-4-7-14-12-21-15(11-16(14)23)13-5-2-1-3-6-13/h1-3,5-6,8-9,11-12H,4,7,10H2,(H2,19,20,22)/p+1. The van der Waals surface area contributed by atoms with Crippen molar-refractivity contribution in [3.8, 4) is 11.3 Å². The fraction of sp³-hybridized carbons (Fsp3) is 0.167. The quantitative estimate of drug-likeness (QED) is 0.790. The van der Waals surface area contributed by atoms with Crippen molar-refractivity contribution in [2.75, 3.05) is 17.2 Å². The van der Waals surface area contributed by atoms with Crippen molar-refractivity contribution in [1.82, 2.24) is 9.97 Å². The lowest BCUT2D eigenvalue weighted by Gasteiger charge is -2.29. The van der Waals surface area contributed by atoms with E-state index in [9.17, 15) is 0 Å². The van der Waals surface area contributed by atoms with Crippen LogP contribution in [-0.2, 0) is 6.42 Å². The molecule has 0 radical (unpaired) electrons. The number of aryl methyl sites for hydroxylation is 1. The fourth-order valence-corrected chi connectivity index (χ4v) is 3.01. The predicted octanol–water partition coefficient (Wildman–Crippen LogP) is 2.62. The van der Waals surface area contributed by atoms with Crippen LogP contribution in [0, 0.1) is 0 Å². The first-order valence-corrected chi connectivity index (χ1v) is 7.77. The lowest BCUT2D eigenvalue weighted by Crippen LogP contribution is -2.27. The second kappa shape index (κ2) is 5.68. The molecule has 114 valence electrons. The Balaban J connectivity index is 1.80. The number of aromatic amines is 1. The molecule has 0 saturated heterocycles. The third-order valence-electron chi connectivity index (χ3n) is 4.13. The van der Waals surface area contributed by atoms with E-state index in [1.54, 1.807) is 0 Å². The molecule has 0 aliphatic carbocycles. The SMILES string of the molecule is Nc1nc(N2CCCc3cnc(-c4ccccc4)cc32)cc[nH+]1. The maximum Gasteiger partial charge on any atom is 0.388 e. The molecule has 5 nitrogen and oxygen atoms in total. The third kappa shape index (κ3) is 2.61. The molecule has 1 aliphatic rings. The van der Waals surface area contributed by atoms with Crippen LogP contribution in [0.15, 0.2) is 54.9 Å². The van der Waals surface area contributed by atoms with E-state index in [1.807, 2.05) is 36.7 Å². The number of pyridine rings is 1. The van der Waals surface area contributed by atoms with Crippen molar-refractivity contribution in [3.63, 3.8) is 0 Å². The van der Waals surface area contributed by atoms with E-state index in [-0.39, 0.29) is 0 Å². The summed E-state index contributed by atoms with van der Waals surface area (Å²) in [5.41, 5.74) is 10.3. The summed E-state index contributed by atoms with van der Waals surface area (Å²) in [6, 6.07) is 14.3. The summed E-state index contributed by atoms with van der Waals surface area (Å²) in [5.74, 6) is 1.29. The molecule has 0 atom stereocenters. The Bertz CT molecular complexity index is 832. The first kappa shape index (κ1) is 13.7. The molecule has 0 bridgehead atoms. The zero-order chi connectivity index (χ0) is 15.6. The molecule has 0 fully saturated rings. The summed E-state index contributed by atoms with van der Waals surface area (Å²) >= 11 is 0. The number of hydrogen-bond acceptors (Lipinski definition) is 4. The first-order chi connectivity index (χ1) is 11.3. The Labute approximate surface area is 134 Å². The average Bonchev–Trinajstić information content (AvgIpc) is 2.61. The van der Waals surface area contributed by atoms with E-state index in [1.165, 1.54) is 11.3 Å². The number of nitrogens with zero attached hydrogens (tertiary/aromatic N) is 3. The van der Waals surface area contributed by atoms with Crippen LogP contribution in [0.4, 0.5) is 17.5 Å². The topological polar surface area (TPSA) is 69.2 Å². The van der Waals surface area contributed by atoms with E-state index in [4.69, 9.17) is 5.73 Å². The van der Waals surface area contributed by atoms with Gasteiger partial charge in [-0.3, -0.25) is 10.7 Å². The van der Waals surface area contributed by atoms with Gasteiger partial charge in [0.1, 0.15) is 0 Å². The van der Waals surface area contributed by atoms with Gasteiger partial charge >= 0.3 is 5.95 Å². The molecule has 0 amide bonds. The lowest BCUT2D eigenvalue weighted by atomic mass is 10.0. The van der Waals surface area contributed by atoms with Gasteiger partial charge in [-0.15, -0.1) is 0 Å². The maximum absolute atomic E-state index is 5.80. The maximum atomic E-state index is 5.80. The second-order valence-corrected chi connectivity index (χ2v) is 5.65. The van der Waals surface area contributed by atoms with Crippen molar-refractivity contribution >= 4 is 17.5 Å². The zero-order valence-corrected chi connectivity index (χ0v) is 12.7. The van der Waals surface area contributed by atoms with E-state index < -0.39 is 0 Å². The third-order valence-corrected chi connectivity index (χ3v) is 4.13. The average molecular weight is 304 g/mol. The molecule has 4 rings (SSSR count). The van der Waals surface area contributed by atoms with Crippen LogP contribution in [-0.4, -0.2) is 16.5 Å². The van der Waals surface area contributed by atoms with Crippen molar-refractivity contribution in [2.24, 2.45) is 0 Å². The number of nitrogen functional groups attached to an aromatic ring is 1. The Morgan fingerprint density at radius 1 is 1.13 bits per heavy atom. The number of fused-ring (bicyclic) bond motifs is 1. The number of aromatic nitrogens is 3. The van der Waals surface area contributed by atoms with E-state index in [0.717, 1.165) is 36.5 Å². The summed E-state index contributed by atoms with van der Waals surface area (Å²) in [5, 5.41) is 0. The Kier molecular flexibility index (Phi) is 3.38. The number of benzene rings is 1. The highest BCUT2D eigenvalue weighted by molar-refractivity contribution is 5.71. The normalized spacial score (nSPS) is 13.7. The van der Waals surface area contributed by atoms with E-state index >= 15 is 0 Å². The zero-order valence-electron chi connectivity index (χ0n) is 12.7. The molecule has 3 aromatic rings. The van der Waals surface area contributed by atoms with Gasteiger partial charge in [0.15, 0.2) is 0 Å². The van der Waals surface area contributed by atoms with Crippen LogP contribution in [0.25, 0.3) is 11.3 Å². The molecule has 0 unspecified atom stereocenters. The smallest absolute Gasteiger partial charge is 0.312 e. The summed E-state index contributed by atoms with van der Waals surface area (Å²) in [4.78, 5) is 14.2. The van der Waals surface area contributed by atoms with Crippen LogP contribution < -0.4 is 15.6 Å². The Morgan fingerprint density at radius 2 is 2.00 bits per heavy atom. The van der Waals surface area contributed by atoms with Gasteiger partial charge in [0, 0.05) is 24.4 Å². The molecular weight excluding hydrogens is 286 g/mol. The summed E-state index contributed by atoms with van der Waals surface area (Å²) in [7, 11) is 0. The molecule has 5 heteroatoms. The molecule has 2 aromatic heterocycles. The van der Waals surface area contributed by atoms with Crippen molar-refractivity contribution < 1.29 is 4.98 Å². The minimum atomic E-state index is 0.423. The molecule has 23 heavy (non-hydrogen) atoms. The molecule has 3 heterocycles. The van der Waals surface area contributed by atoms with Gasteiger partial charge in [-0.1, -0.05) is 35.3 Å². The van der Waals surface area contributed by atoms with Gasteiger partial charge in [-0.2, -0.15) is 0 Å². The number of nitrogens with one attached hydrogen (secondary N) is 1. The van der Waals surface area contributed by atoms with Crippen LogP contribution in [0.3, 0.4) is 0 Å². The highest BCUT2D eigenvalue weighted by atomic mass is 15.2. The number of anilines is 3. The monoisotopic (exact) mass is 304 g/mol. The minimum Gasteiger partial charge on any atom is -0.312 e. The van der Waals surface area contributed by atoms with Crippen LogP contribution in [0.2, 0.25) is 0 Å². The Morgan fingerprint density at radius 3 is 2.83 bits per heavy atom. The van der Waals surface area contributed by atoms with Crippen molar-refractivity contribution in [2.45, 2.75) is 12.8 Å². The number of rotatable bonds is 2. The summed E-state index contributed by atoms with van der Waals surface area (Å²) in [6.07, 6.45) is 5.94. The highest BCUT2D eigenvalue weighted by Gasteiger charge is 2.22. The van der Waals surface area contributed by atoms with Crippen LogP contribution in [0.5, 0.6) is 0 Å². The van der Waals surface area contributed by atoms with Gasteiger partial charge in [-0.05, 0) is 24.5 Å². The van der Waals surface area contributed by atoms with Gasteiger partial charge in [0.2, 0.25) is 5.82 Å². The second-order valence-electron chi connectivity index (χ2n) is 5.65. The van der Waals surface area contributed by atoms with E-state index in [2.05, 4.69) is 38.1 Å². The Hall–Kier alpha value is -2.95. The van der Waals surface area contributed by atoms with Gasteiger partial charge in [0.25, 0.3) is 0 Å². The van der Waals surface area contributed by atoms with Gasteiger partial charge in [-0.25, -0.2) is 4.98 Å². The van der Waals surface area contributed by atoms with Crippen molar-refractivity contribution in [3.05, 3.63) is 60.4 Å². The number of H-pyrrole nitrogens is 1. The van der Waals surface area contributed by atoms with Crippen molar-refractivity contribution in [1.29, 1.82) is 0 Å². The largest absolute Gasteiger partial charge is 0.388 e. The molecule has 1 aromatic carbocycles. The summed E-state index contributed by atoms with van der Waals surface area (Å²) in [6.45, 7) is 0.932. The van der Waals surface area contributed by atoms with Gasteiger partial charge in [0.05, 0.1) is 17.6 Å². The lowest BCUT2D eigenvalue weighted by molar-refractivity contribution is -0.364. The van der Waals surface area contributed by atoms with E-state index in [0.29, 0.717) is 5.95 Å². The molecular formula is C18H18N5+.